The van der Waals surface area contributed by atoms with Crippen LogP contribution in [0.3, 0.4) is 0 Å². The van der Waals surface area contributed by atoms with Gasteiger partial charge in [-0.25, -0.2) is 4.21 Å². The first-order chi connectivity index (χ1) is 14.3. The average molecular weight is 467 g/mol. The van der Waals surface area contributed by atoms with Crippen molar-refractivity contribution in [2.24, 2.45) is 5.73 Å². The van der Waals surface area contributed by atoms with Gasteiger partial charge in [-0.2, -0.15) is 13.2 Å². The zero-order chi connectivity index (χ0) is 23.3. The molecule has 1 fully saturated rings. The molecule has 0 bridgehead atoms. The third-order valence-electron chi connectivity index (χ3n) is 5.53. The van der Waals surface area contributed by atoms with E-state index in [1.54, 1.807) is 0 Å². The molecule has 0 saturated heterocycles. The molecule has 31 heavy (non-hydrogen) atoms. The minimum Gasteiger partial charge on any atom is -0.490 e. The maximum Gasteiger partial charge on any atom is 0.421 e. The third kappa shape index (κ3) is 7.08. The normalized spacial score (nSPS) is 20.4. The van der Waals surface area contributed by atoms with Crippen LogP contribution in [0.2, 0.25) is 0 Å². The zero-order valence-electron chi connectivity index (χ0n) is 17.1. The summed E-state index contributed by atoms with van der Waals surface area (Å²) >= 11 is 0. The standard InChI is InChI=1S/C20H29F3N2O5S/c21-20(22,23)19(28,11-13-31(25,29)12-10-17(24)18(26)27)14-6-8-16(9-7-14)30-15-4-2-1-3-5-15/h6-9,15,17,25,28H,1-5,10-13,24H2,(H,26,27)/t17-,19?,31?/m0/s1. The summed E-state index contributed by atoms with van der Waals surface area (Å²) in [7, 11) is -3.57. The summed E-state index contributed by atoms with van der Waals surface area (Å²) in [4.78, 5) is 10.7. The van der Waals surface area contributed by atoms with Crippen LogP contribution in [0, 0.1) is 4.78 Å². The Hall–Kier alpha value is -1.85. The predicted octanol–water partition coefficient (Wildman–Crippen LogP) is 3.39. The Morgan fingerprint density at radius 2 is 1.77 bits per heavy atom. The van der Waals surface area contributed by atoms with Crippen LogP contribution >= 0.6 is 0 Å². The van der Waals surface area contributed by atoms with Crippen LogP contribution in [-0.2, 0) is 20.1 Å². The summed E-state index contributed by atoms with van der Waals surface area (Å²) in [6.45, 7) is 0. The van der Waals surface area contributed by atoms with E-state index in [1.807, 2.05) is 0 Å². The maximum atomic E-state index is 13.7. The number of hydrogen-bond donors (Lipinski definition) is 4. The van der Waals surface area contributed by atoms with Gasteiger partial charge >= 0.3 is 12.1 Å². The van der Waals surface area contributed by atoms with Gasteiger partial charge in [0.2, 0.25) is 0 Å². The molecule has 3 atom stereocenters. The van der Waals surface area contributed by atoms with Crippen LogP contribution in [0.1, 0.15) is 50.5 Å². The lowest BCUT2D eigenvalue weighted by Gasteiger charge is -2.31. The van der Waals surface area contributed by atoms with E-state index < -0.39 is 57.0 Å². The Labute approximate surface area is 179 Å². The number of benzene rings is 1. The van der Waals surface area contributed by atoms with Crippen molar-refractivity contribution in [2.75, 3.05) is 11.5 Å². The second kappa shape index (κ2) is 10.2. The van der Waals surface area contributed by atoms with Crippen molar-refractivity contribution < 1.29 is 37.1 Å². The molecule has 0 spiro atoms. The first kappa shape index (κ1) is 25.4. The van der Waals surface area contributed by atoms with Gasteiger partial charge in [-0.15, -0.1) is 0 Å². The molecule has 0 aromatic heterocycles. The molecule has 1 aromatic carbocycles. The Kier molecular flexibility index (Phi) is 8.34. The van der Waals surface area contributed by atoms with E-state index in [4.69, 9.17) is 20.4 Å². The Balaban J connectivity index is 2.10. The number of rotatable bonds is 10. The van der Waals surface area contributed by atoms with E-state index in [0.29, 0.717) is 5.75 Å². The summed E-state index contributed by atoms with van der Waals surface area (Å²) in [5.41, 5.74) is 1.56. The van der Waals surface area contributed by atoms with Gasteiger partial charge in [0.15, 0.2) is 5.60 Å². The second-order valence-electron chi connectivity index (χ2n) is 7.96. The molecule has 1 aliphatic rings. The first-order valence-electron chi connectivity index (χ1n) is 10.1. The van der Waals surface area contributed by atoms with Crippen LogP contribution in [-0.4, -0.2) is 50.2 Å². The largest absolute Gasteiger partial charge is 0.490 e. The topological polar surface area (TPSA) is 134 Å². The van der Waals surface area contributed by atoms with E-state index in [9.17, 15) is 27.3 Å². The van der Waals surface area contributed by atoms with Crippen molar-refractivity contribution in [3.63, 3.8) is 0 Å². The lowest BCUT2D eigenvalue weighted by atomic mass is 9.90. The molecule has 2 rings (SSSR count). The van der Waals surface area contributed by atoms with Gasteiger partial charge in [0.05, 0.1) is 6.10 Å². The lowest BCUT2D eigenvalue weighted by Crippen LogP contribution is -2.44. The molecule has 1 aromatic rings. The number of halogens is 3. The van der Waals surface area contributed by atoms with Crippen LogP contribution in [0.4, 0.5) is 13.2 Å². The van der Waals surface area contributed by atoms with Crippen LogP contribution in [0.15, 0.2) is 24.3 Å². The maximum absolute atomic E-state index is 13.7. The van der Waals surface area contributed by atoms with Gasteiger partial charge in [-0.05, 0) is 49.8 Å². The smallest absolute Gasteiger partial charge is 0.421 e. The van der Waals surface area contributed by atoms with Gasteiger partial charge in [-0.1, -0.05) is 18.6 Å². The van der Waals surface area contributed by atoms with Gasteiger partial charge < -0.3 is 20.7 Å². The summed E-state index contributed by atoms with van der Waals surface area (Å²) in [6, 6.07) is 3.62. The molecule has 7 nitrogen and oxygen atoms in total. The quantitative estimate of drug-likeness (QED) is 0.418. The highest BCUT2D eigenvalue weighted by atomic mass is 32.2. The van der Waals surface area contributed by atoms with Crippen LogP contribution in [0.5, 0.6) is 5.75 Å². The molecule has 11 heteroatoms. The molecule has 0 heterocycles. The van der Waals surface area contributed by atoms with Crippen molar-refractivity contribution in [2.45, 2.75) is 68.9 Å². The molecule has 0 radical (unpaired) electrons. The number of carbonyl (C=O) groups is 1. The fourth-order valence-electron chi connectivity index (χ4n) is 3.49. The molecule has 176 valence electrons. The van der Waals surface area contributed by atoms with E-state index >= 15 is 0 Å². The molecule has 1 saturated carbocycles. The monoisotopic (exact) mass is 466 g/mol. The van der Waals surface area contributed by atoms with Crippen LogP contribution in [0.25, 0.3) is 0 Å². The van der Waals surface area contributed by atoms with E-state index in [2.05, 4.69) is 0 Å². The van der Waals surface area contributed by atoms with Crippen molar-refractivity contribution in [1.82, 2.24) is 0 Å². The SMILES string of the molecule is N=S(=O)(CC[C@H](N)C(=O)O)CCC(O)(c1ccc(OC2CCCCC2)cc1)C(F)(F)F. The number of nitrogens with one attached hydrogen (secondary N) is 1. The number of hydrogen-bond acceptors (Lipinski definition) is 6. The summed E-state index contributed by atoms with van der Waals surface area (Å²) in [5, 5.41) is 19.2. The Morgan fingerprint density at radius 1 is 1.19 bits per heavy atom. The number of nitrogens with two attached hydrogens (primary N) is 1. The molecule has 1 aliphatic carbocycles. The van der Waals surface area contributed by atoms with Crippen molar-refractivity contribution in [3.8, 4) is 5.75 Å². The summed E-state index contributed by atoms with van der Waals surface area (Å²) < 4.78 is 67.1. The molecular weight excluding hydrogens is 437 g/mol. The third-order valence-corrected chi connectivity index (χ3v) is 7.28. The molecule has 0 aliphatic heterocycles. The van der Waals surface area contributed by atoms with Crippen molar-refractivity contribution >= 4 is 15.7 Å². The zero-order valence-corrected chi connectivity index (χ0v) is 17.9. The molecular formula is C20H29F3N2O5S. The van der Waals surface area contributed by atoms with E-state index in [-0.39, 0.29) is 12.5 Å². The van der Waals surface area contributed by atoms with Crippen LogP contribution < -0.4 is 10.5 Å². The van der Waals surface area contributed by atoms with Gasteiger partial charge in [-0.3, -0.25) is 9.57 Å². The summed E-state index contributed by atoms with van der Waals surface area (Å²) in [6.07, 6.45) is -1.36. The van der Waals surface area contributed by atoms with Gasteiger partial charge in [0.1, 0.15) is 11.8 Å². The minimum absolute atomic E-state index is 0.0197. The highest BCUT2D eigenvalue weighted by molar-refractivity contribution is 7.92. The fourth-order valence-corrected chi connectivity index (χ4v) is 4.95. The average Bonchev–Trinajstić information content (AvgIpc) is 2.71. The number of aliphatic hydroxyl groups is 1. The number of ether oxygens (including phenoxy) is 1. The Bertz CT molecular complexity index is 839. The number of carboxylic acids is 1. The summed E-state index contributed by atoms with van der Waals surface area (Å²) in [5.74, 6) is -2.16. The minimum atomic E-state index is -5.06. The number of aliphatic carboxylic acids is 1. The Morgan fingerprint density at radius 3 is 2.29 bits per heavy atom. The number of carboxylic acid groups (broad SMARTS) is 1. The fraction of sp³-hybridized carbons (Fsp3) is 0.650. The van der Waals surface area contributed by atoms with E-state index in [0.717, 1.165) is 44.2 Å². The predicted molar refractivity (Wildman–Crippen MR) is 109 cm³/mol. The van der Waals surface area contributed by atoms with Crippen molar-refractivity contribution in [1.29, 1.82) is 4.78 Å². The lowest BCUT2D eigenvalue weighted by molar-refractivity contribution is -0.267. The molecule has 0 amide bonds. The molecule has 2 unspecified atom stereocenters. The van der Waals surface area contributed by atoms with Crippen molar-refractivity contribution in [3.05, 3.63) is 29.8 Å². The highest BCUT2D eigenvalue weighted by Gasteiger charge is 2.54. The molecule has 5 N–H and O–H groups in total. The highest BCUT2D eigenvalue weighted by Crippen LogP contribution is 2.42. The first-order valence-corrected chi connectivity index (χ1v) is 12.0. The van der Waals surface area contributed by atoms with Gasteiger partial charge in [0.25, 0.3) is 0 Å². The van der Waals surface area contributed by atoms with Gasteiger partial charge in [0, 0.05) is 27.7 Å². The second-order valence-corrected chi connectivity index (χ2v) is 10.4. The number of alkyl halides is 3. The van der Waals surface area contributed by atoms with E-state index in [1.165, 1.54) is 12.1 Å².